The van der Waals surface area contributed by atoms with Gasteiger partial charge in [-0.1, -0.05) is 23.5 Å². The highest BCUT2D eigenvalue weighted by Gasteiger charge is 2.25. The van der Waals surface area contributed by atoms with Gasteiger partial charge in [-0.05, 0) is 12.0 Å². The van der Waals surface area contributed by atoms with Crippen molar-refractivity contribution in [1.29, 1.82) is 0 Å². The van der Waals surface area contributed by atoms with Gasteiger partial charge >= 0.3 is 0 Å². The molecule has 0 radical (unpaired) electrons. The summed E-state index contributed by atoms with van der Waals surface area (Å²) < 4.78 is 30.7. The van der Waals surface area contributed by atoms with Crippen LogP contribution in [0, 0.1) is 11.6 Å². The second-order valence-corrected chi connectivity index (χ2v) is 7.18. The van der Waals surface area contributed by atoms with Gasteiger partial charge in [-0.2, -0.15) is 0 Å². The summed E-state index contributed by atoms with van der Waals surface area (Å²) in [4.78, 5) is 23.7. The number of hydrogen-bond acceptors (Lipinski definition) is 7. The van der Waals surface area contributed by atoms with Crippen LogP contribution in [0.2, 0.25) is 0 Å². The summed E-state index contributed by atoms with van der Waals surface area (Å²) in [7, 11) is 0. The van der Waals surface area contributed by atoms with Crippen molar-refractivity contribution in [2.24, 2.45) is 0 Å². The van der Waals surface area contributed by atoms with Gasteiger partial charge in [-0.15, -0.1) is 5.10 Å². The summed E-state index contributed by atoms with van der Waals surface area (Å²) in [6, 6.07) is 2.24. The summed E-state index contributed by atoms with van der Waals surface area (Å²) >= 11 is 4.72. The van der Waals surface area contributed by atoms with Crippen LogP contribution < -0.4 is 5.32 Å². The van der Waals surface area contributed by atoms with E-state index in [1.165, 1.54) is 21.9 Å². The van der Waals surface area contributed by atoms with Crippen LogP contribution in [0.5, 0.6) is 0 Å². The minimum Gasteiger partial charge on any atom is -0.393 e. The zero-order valence-electron chi connectivity index (χ0n) is 16.2. The minimum absolute atomic E-state index is 0.00267. The summed E-state index contributed by atoms with van der Waals surface area (Å²) in [5, 5.41) is 28.7. The van der Waals surface area contributed by atoms with Crippen molar-refractivity contribution in [3.8, 4) is 5.69 Å². The van der Waals surface area contributed by atoms with Crippen molar-refractivity contribution in [3.05, 3.63) is 47.3 Å². The highest BCUT2D eigenvalue weighted by Crippen LogP contribution is 2.29. The summed E-state index contributed by atoms with van der Waals surface area (Å²) in [5.74, 6) is -2.23. The first-order chi connectivity index (χ1) is 14.8. The molecule has 3 rings (SSSR count). The fourth-order valence-electron chi connectivity index (χ4n) is 3.11. The Labute approximate surface area is 181 Å². The molecule has 1 aromatic heterocycles. The Kier molecular flexibility index (Phi) is 7.15. The number of benzene rings is 1. The SMILES string of the molecule is O=CC(=S)NCc1cn(-c2cc(F)c(C3=CCN(C(=O)[C@@H](O)CO)CC3)c(F)c2)nn1. The molecule has 2 aromatic rings. The van der Waals surface area contributed by atoms with Gasteiger partial charge < -0.3 is 20.4 Å². The average Bonchev–Trinajstić information content (AvgIpc) is 3.25. The van der Waals surface area contributed by atoms with E-state index in [2.05, 4.69) is 15.6 Å². The molecule has 1 atom stereocenters. The van der Waals surface area contributed by atoms with E-state index >= 15 is 0 Å². The third kappa shape index (κ3) is 5.16. The molecule has 0 saturated carbocycles. The van der Waals surface area contributed by atoms with Crippen LogP contribution in [0.15, 0.2) is 24.4 Å². The first-order valence-corrected chi connectivity index (χ1v) is 9.65. The lowest BCUT2D eigenvalue weighted by atomic mass is 9.97. The number of aromatic nitrogens is 3. The lowest BCUT2D eigenvalue weighted by Crippen LogP contribution is -2.42. The zero-order valence-corrected chi connectivity index (χ0v) is 17.0. The number of hydrogen-bond donors (Lipinski definition) is 3. The fourth-order valence-corrected chi connectivity index (χ4v) is 3.18. The van der Waals surface area contributed by atoms with Gasteiger partial charge in [-0.25, -0.2) is 13.5 Å². The van der Waals surface area contributed by atoms with Gasteiger partial charge in [0, 0.05) is 30.8 Å². The van der Waals surface area contributed by atoms with Gasteiger partial charge in [0.25, 0.3) is 5.91 Å². The lowest BCUT2D eigenvalue weighted by Gasteiger charge is -2.28. The molecule has 1 aromatic carbocycles. The topological polar surface area (TPSA) is 121 Å². The molecule has 1 aliphatic rings. The Bertz CT molecular complexity index is 1020. The Morgan fingerprint density at radius 1 is 1.35 bits per heavy atom. The molecule has 1 aliphatic heterocycles. The highest BCUT2D eigenvalue weighted by molar-refractivity contribution is 7.81. The number of halogens is 2. The van der Waals surface area contributed by atoms with Crippen LogP contribution in [-0.4, -0.2) is 73.1 Å². The van der Waals surface area contributed by atoms with Crippen molar-refractivity contribution in [2.75, 3.05) is 19.7 Å². The second-order valence-electron chi connectivity index (χ2n) is 6.74. The maximum Gasteiger partial charge on any atom is 0.254 e. The number of carbonyl (C=O) groups is 2. The van der Waals surface area contributed by atoms with Crippen LogP contribution >= 0.6 is 12.2 Å². The maximum atomic E-state index is 14.8. The Balaban J connectivity index is 1.77. The molecule has 0 spiro atoms. The molecule has 31 heavy (non-hydrogen) atoms. The number of amides is 1. The van der Waals surface area contributed by atoms with Crippen molar-refractivity contribution in [2.45, 2.75) is 19.1 Å². The van der Waals surface area contributed by atoms with E-state index in [4.69, 9.17) is 17.3 Å². The summed E-state index contributed by atoms with van der Waals surface area (Å²) in [5.41, 5.74) is 0.737. The first-order valence-electron chi connectivity index (χ1n) is 9.24. The van der Waals surface area contributed by atoms with Gasteiger partial charge in [0.05, 0.1) is 25.0 Å². The quantitative estimate of drug-likeness (QED) is 0.401. The van der Waals surface area contributed by atoms with Crippen LogP contribution in [0.4, 0.5) is 8.78 Å². The third-order valence-electron chi connectivity index (χ3n) is 4.68. The highest BCUT2D eigenvalue weighted by atomic mass is 32.1. The maximum absolute atomic E-state index is 14.8. The van der Waals surface area contributed by atoms with E-state index in [-0.39, 0.29) is 42.3 Å². The van der Waals surface area contributed by atoms with Gasteiger partial charge in [0.15, 0.2) is 12.4 Å². The molecule has 164 valence electrons. The molecule has 3 N–H and O–H groups in total. The molecule has 0 unspecified atom stereocenters. The van der Waals surface area contributed by atoms with Gasteiger partial charge in [-0.3, -0.25) is 9.59 Å². The smallest absolute Gasteiger partial charge is 0.254 e. The standard InChI is InChI=1S/C19H19F2N5O4S/c20-14-5-13(26-8-12(23-24-26)7-22-17(31)10-28)6-15(21)18(14)11-1-3-25(4-2-11)19(30)16(29)9-27/h1,5-6,8,10,16,27,29H,2-4,7,9H2,(H,22,31)/t16-/m0/s1. The van der Waals surface area contributed by atoms with Crippen LogP contribution in [0.25, 0.3) is 11.3 Å². The summed E-state index contributed by atoms with van der Waals surface area (Å²) in [6.45, 7) is -0.341. The Morgan fingerprint density at radius 2 is 2.06 bits per heavy atom. The molecule has 12 heteroatoms. The van der Waals surface area contributed by atoms with E-state index in [1.54, 1.807) is 0 Å². The van der Waals surface area contributed by atoms with Crippen molar-refractivity contribution in [3.63, 3.8) is 0 Å². The number of carbonyl (C=O) groups excluding carboxylic acids is 2. The van der Waals surface area contributed by atoms with Crippen LogP contribution in [0.3, 0.4) is 0 Å². The molecule has 1 amide bonds. The fraction of sp³-hybridized carbons (Fsp3) is 0.316. The van der Waals surface area contributed by atoms with Crippen molar-refractivity contribution < 1.29 is 28.6 Å². The summed E-state index contributed by atoms with van der Waals surface area (Å²) in [6.07, 6.45) is 2.12. The largest absolute Gasteiger partial charge is 0.393 e. The third-order valence-corrected chi connectivity index (χ3v) is 4.92. The van der Waals surface area contributed by atoms with E-state index in [0.29, 0.717) is 17.6 Å². The number of rotatable bonds is 7. The number of aliphatic hydroxyl groups excluding tert-OH is 2. The molecule has 0 bridgehead atoms. The molecule has 0 saturated heterocycles. The predicted octanol–water partition coefficient (Wildman–Crippen LogP) is 0.130. The average molecular weight is 451 g/mol. The molecule has 9 nitrogen and oxygen atoms in total. The predicted molar refractivity (Wildman–Crippen MR) is 109 cm³/mol. The monoisotopic (exact) mass is 451 g/mol. The number of nitrogens with zero attached hydrogens (tertiary/aromatic N) is 4. The zero-order chi connectivity index (χ0) is 22.5. The van der Waals surface area contributed by atoms with Crippen LogP contribution in [-0.2, 0) is 16.1 Å². The minimum atomic E-state index is -1.51. The number of aldehydes is 1. The molecule has 0 fully saturated rings. The molecule has 0 aliphatic carbocycles. The van der Waals surface area contributed by atoms with Crippen LogP contribution in [0.1, 0.15) is 17.7 Å². The van der Waals surface area contributed by atoms with E-state index < -0.39 is 30.3 Å². The number of thiocarbonyl (C=S) groups is 1. The first kappa shape index (κ1) is 22.6. The normalized spacial score (nSPS) is 14.7. The lowest BCUT2D eigenvalue weighted by molar-refractivity contribution is -0.141. The van der Waals surface area contributed by atoms with Crippen molar-refractivity contribution in [1.82, 2.24) is 25.2 Å². The van der Waals surface area contributed by atoms with Crippen molar-refractivity contribution >= 4 is 35.0 Å². The Morgan fingerprint density at radius 3 is 2.65 bits per heavy atom. The van der Waals surface area contributed by atoms with Gasteiger partial charge in [0.1, 0.15) is 22.3 Å². The molecule has 2 heterocycles. The van der Waals surface area contributed by atoms with E-state index in [9.17, 15) is 23.5 Å². The van der Waals surface area contributed by atoms with E-state index in [0.717, 1.165) is 12.1 Å². The van der Waals surface area contributed by atoms with E-state index in [1.807, 2.05) is 0 Å². The molecular weight excluding hydrogens is 432 g/mol. The second kappa shape index (κ2) is 9.81. The number of aliphatic hydroxyl groups is 2. The molecular formula is C19H19F2N5O4S. The van der Waals surface area contributed by atoms with Gasteiger partial charge in [0.2, 0.25) is 0 Å². The Hall–Kier alpha value is -3.09. The number of nitrogens with one attached hydrogen (secondary N) is 1.